The molecule has 0 aromatic heterocycles. The highest BCUT2D eigenvalue weighted by molar-refractivity contribution is 9.10. The molecule has 2 aromatic rings. The minimum atomic E-state index is -0.772. The lowest BCUT2D eigenvalue weighted by atomic mass is 9.84. The fourth-order valence-electron chi connectivity index (χ4n) is 3.38. The molecule has 1 atom stereocenters. The maximum atomic E-state index is 12.7. The molecule has 1 aliphatic heterocycles. The zero-order chi connectivity index (χ0) is 20.5. The van der Waals surface area contributed by atoms with E-state index in [-0.39, 0.29) is 6.03 Å². The van der Waals surface area contributed by atoms with Crippen LogP contribution >= 0.6 is 27.5 Å². The van der Waals surface area contributed by atoms with Crippen molar-refractivity contribution in [2.24, 2.45) is 5.10 Å². The van der Waals surface area contributed by atoms with Crippen LogP contribution in [0.4, 0.5) is 4.79 Å². The predicted octanol–water partition coefficient (Wildman–Crippen LogP) is 4.57. The lowest BCUT2D eigenvalue weighted by Gasteiger charge is -2.37. The summed E-state index contributed by atoms with van der Waals surface area (Å²) >= 11 is 10.1. The number of methoxy groups -OCH3 is 2. The Morgan fingerprint density at radius 1 is 1.29 bits per heavy atom. The van der Waals surface area contributed by atoms with Crippen molar-refractivity contribution in [3.63, 3.8) is 0 Å². The van der Waals surface area contributed by atoms with Gasteiger partial charge in [0.2, 0.25) is 0 Å². The van der Waals surface area contributed by atoms with E-state index in [0.29, 0.717) is 22.9 Å². The fourth-order valence-corrected chi connectivity index (χ4v) is 4.00. The number of ether oxygens (including phenoxy) is 2. The van der Waals surface area contributed by atoms with Crippen molar-refractivity contribution in [1.29, 1.82) is 0 Å². The molecule has 0 saturated carbocycles. The third kappa shape index (κ3) is 3.44. The number of amides is 2. The van der Waals surface area contributed by atoms with Crippen molar-refractivity contribution in [1.82, 2.24) is 10.3 Å². The van der Waals surface area contributed by atoms with Gasteiger partial charge in [-0.2, -0.15) is 5.10 Å². The SMILES string of the molecule is CNC(=O)N1N=Cc2cc(OC)c(OC)c(Cl)c2C[C@]1(C)c1ccc(Br)cc1. The van der Waals surface area contributed by atoms with Crippen molar-refractivity contribution >= 4 is 39.8 Å². The number of hydrogen-bond acceptors (Lipinski definition) is 4. The summed E-state index contributed by atoms with van der Waals surface area (Å²) in [6.07, 6.45) is 2.07. The van der Waals surface area contributed by atoms with Gasteiger partial charge >= 0.3 is 6.03 Å². The van der Waals surface area contributed by atoms with Crippen LogP contribution in [0.1, 0.15) is 23.6 Å². The number of halogens is 2. The number of hydrogen-bond donors (Lipinski definition) is 1. The smallest absolute Gasteiger partial charge is 0.338 e. The molecule has 2 amide bonds. The molecule has 0 unspecified atom stereocenters. The van der Waals surface area contributed by atoms with Gasteiger partial charge in [0, 0.05) is 23.5 Å². The van der Waals surface area contributed by atoms with Gasteiger partial charge < -0.3 is 14.8 Å². The highest BCUT2D eigenvalue weighted by Crippen LogP contribution is 2.44. The van der Waals surface area contributed by atoms with E-state index in [1.165, 1.54) is 5.01 Å². The molecule has 3 rings (SSSR count). The molecular formula is C20H21BrClN3O3. The van der Waals surface area contributed by atoms with Crippen molar-refractivity contribution in [2.75, 3.05) is 21.3 Å². The predicted molar refractivity (Wildman–Crippen MR) is 114 cm³/mol. The van der Waals surface area contributed by atoms with Gasteiger partial charge in [-0.05, 0) is 36.2 Å². The number of benzene rings is 2. The maximum Gasteiger partial charge on any atom is 0.338 e. The summed E-state index contributed by atoms with van der Waals surface area (Å²) in [6.45, 7) is 1.96. The van der Waals surface area contributed by atoms with Gasteiger partial charge in [-0.15, -0.1) is 0 Å². The minimum Gasteiger partial charge on any atom is -0.493 e. The normalized spacial score (nSPS) is 18.3. The zero-order valence-electron chi connectivity index (χ0n) is 16.0. The molecule has 0 bridgehead atoms. The van der Waals surface area contributed by atoms with Gasteiger partial charge in [0.05, 0.1) is 31.0 Å². The minimum absolute atomic E-state index is 0.315. The Morgan fingerprint density at radius 3 is 2.54 bits per heavy atom. The quantitative estimate of drug-likeness (QED) is 0.721. The summed E-state index contributed by atoms with van der Waals surface area (Å²) in [4.78, 5) is 12.7. The summed E-state index contributed by atoms with van der Waals surface area (Å²) in [7, 11) is 4.68. The molecule has 1 N–H and O–H groups in total. The number of hydrazone groups is 1. The Labute approximate surface area is 177 Å². The van der Waals surface area contributed by atoms with Crippen LogP contribution in [0.15, 0.2) is 39.9 Å². The second-order valence-corrected chi connectivity index (χ2v) is 7.86. The van der Waals surface area contributed by atoms with Crippen LogP contribution in [0.3, 0.4) is 0 Å². The standard InChI is InChI=1S/C20H21BrClN3O3/c1-20(13-5-7-14(21)8-6-13)10-15-12(11-24-25(20)19(26)23-2)9-16(27-3)18(28-4)17(15)22/h5-9,11H,10H2,1-4H3,(H,23,26)/t20-/m1/s1. The number of urea groups is 1. The lowest BCUT2D eigenvalue weighted by Crippen LogP contribution is -2.48. The molecule has 2 aromatic carbocycles. The monoisotopic (exact) mass is 465 g/mol. The van der Waals surface area contributed by atoms with Gasteiger partial charge in [-0.25, -0.2) is 9.80 Å². The molecule has 8 heteroatoms. The van der Waals surface area contributed by atoms with Crippen LogP contribution in [0.2, 0.25) is 5.02 Å². The van der Waals surface area contributed by atoms with Crippen LogP contribution < -0.4 is 14.8 Å². The van der Waals surface area contributed by atoms with Crippen LogP contribution in [-0.2, 0) is 12.0 Å². The van der Waals surface area contributed by atoms with Crippen LogP contribution in [-0.4, -0.2) is 38.5 Å². The fraction of sp³-hybridized carbons (Fsp3) is 0.300. The number of nitrogens with one attached hydrogen (secondary N) is 1. The highest BCUT2D eigenvalue weighted by atomic mass is 79.9. The first-order valence-electron chi connectivity index (χ1n) is 8.61. The Kier molecular flexibility index (Phi) is 5.86. The van der Waals surface area contributed by atoms with E-state index in [1.807, 2.05) is 37.3 Å². The Balaban J connectivity index is 2.23. The second-order valence-electron chi connectivity index (χ2n) is 6.56. The molecule has 1 heterocycles. The largest absolute Gasteiger partial charge is 0.493 e. The number of fused-ring (bicyclic) bond motifs is 1. The van der Waals surface area contributed by atoms with Gasteiger partial charge in [-0.1, -0.05) is 39.7 Å². The number of rotatable bonds is 3. The molecule has 0 fully saturated rings. The third-order valence-electron chi connectivity index (χ3n) is 4.92. The second kappa shape index (κ2) is 8.01. The van der Waals surface area contributed by atoms with Crippen LogP contribution in [0, 0.1) is 0 Å². The van der Waals surface area contributed by atoms with Gasteiger partial charge in [0.1, 0.15) is 0 Å². The average molecular weight is 467 g/mol. The van der Waals surface area contributed by atoms with Crippen molar-refractivity contribution < 1.29 is 14.3 Å². The molecule has 0 aliphatic carbocycles. The van der Waals surface area contributed by atoms with Crippen LogP contribution in [0.5, 0.6) is 11.5 Å². The summed E-state index contributed by atoms with van der Waals surface area (Å²) in [5.74, 6) is 0.972. The van der Waals surface area contributed by atoms with Crippen LogP contribution in [0.25, 0.3) is 0 Å². The number of carbonyl (C=O) groups excluding carboxylic acids is 1. The topological polar surface area (TPSA) is 63.2 Å². The number of carbonyl (C=O) groups is 1. The molecule has 6 nitrogen and oxygen atoms in total. The Bertz CT molecular complexity index is 933. The first-order chi connectivity index (χ1) is 13.3. The van der Waals surface area contributed by atoms with E-state index >= 15 is 0 Å². The molecule has 0 spiro atoms. The molecule has 148 valence electrons. The molecule has 28 heavy (non-hydrogen) atoms. The summed E-state index contributed by atoms with van der Waals surface area (Å²) in [5, 5.41) is 9.06. The molecule has 1 aliphatic rings. The first-order valence-corrected chi connectivity index (χ1v) is 9.78. The number of nitrogens with zero attached hydrogens (tertiary/aromatic N) is 2. The molecule has 0 radical (unpaired) electrons. The van der Waals surface area contributed by atoms with Crippen molar-refractivity contribution in [3.8, 4) is 11.5 Å². The summed E-state index contributed by atoms with van der Waals surface area (Å²) in [5.41, 5.74) is 1.76. The summed E-state index contributed by atoms with van der Waals surface area (Å²) in [6, 6.07) is 9.32. The van der Waals surface area contributed by atoms with Crippen molar-refractivity contribution in [2.45, 2.75) is 18.9 Å². The average Bonchev–Trinajstić information content (AvgIpc) is 2.85. The van der Waals surface area contributed by atoms with E-state index in [9.17, 15) is 4.79 Å². The van der Waals surface area contributed by atoms with Gasteiger partial charge in [0.15, 0.2) is 11.5 Å². The summed E-state index contributed by atoms with van der Waals surface area (Å²) < 4.78 is 11.8. The van der Waals surface area contributed by atoms with E-state index in [0.717, 1.165) is 21.2 Å². The van der Waals surface area contributed by atoms with Crippen molar-refractivity contribution in [3.05, 3.63) is 56.5 Å². The van der Waals surface area contributed by atoms with E-state index in [4.69, 9.17) is 21.1 Å². The zero-order valence-corrected chi connectivity index (χ0v) is 18.4. The third-order valence-corrected chi connectivity index (χ3v) is 5.85. The highest BCUT2D eigenvalue weighted by Gasteiger charge is 2.40. The molecular weight excluding hydrogens is 446 g/mol. The molecule has 0 saturated heterocycles. The first kappa shape index (κ1) is 20.5. The van der Waals surface area contributed by atoms with E-state index < -0.39 is 5.54 Å². The Hall–Kier alpha value is -2.25. The van der Waals surface area contributed by atoms with E-state index in [1.54, 1.807) is 27.5 Å². The maximum absolute atomic E-state index is 12.7. The van der Waals surface area contributed by atoms with E-state index in [2.05, 4.69) is 26.3 Å². The van der Waals surface area contributed by atoms with Gasteiger partial charge in [0.25, 0.3) is 0 Å². The lowest BCUT2D eigenvalue weighted by molar-refractivity contribution is 0.128. The van der Waals surface area contributed by atoms with Gasteiger partial charge in [-0.3, -0.25) is 0 Å². The Morgan fingerprint density at radius 2 is 1.96 bits per heavy atom.